The van der Waals surface area contributed by atoms with E-state index in [9.17, 15) is 0 Å². The molecule has 1 aromatic carbocycles. The Balaban J connectivity index is 1.58. The van der Waals surface area contributed by atoms with Gasteiger partial charge in [0.05, 0.1) is 6.61 Å². The molecule has 2 heterocycles. The number of benzene rings is 1. The second-order valence-corrected chi connectivity index (χ2v) is 7.01. The van der Waals surface area contributed by atoms with Crippen LogP contribution in [-0.4, -0.2) is 34.6 Å². The average Bonchev–Trinajstić information content (AvgIpc) is 3.18. The molecule has 7 nitrogen and oxygen atoms in total. The van der Waals surface area contributed by atoms with Crippen molar-refractivity contribution in [3.63, 3.8) is 0 Å². The maximum Gasteiger partial charge on any atom is 0.320 e. The summed E-state index contributed by atoms with van der Waals surface area (Å²) in [6.45, 7) is 6.73. The molecule has 0 saturated carbocycles. The van der Waals surface area contributed by atoms with E-state index in [-0.39, 0.29) is 11.8 Å². The van der Waals surface area contributed by atoms with Crippen LogP contribution in [0, 0.1) is 0 Å². The van der Waals surface area contributed by atoms with Gasteiger partial charge in [0.1, 0.15) is 5.69 Å². The van der Waals surface area contributed by atoms with E-state index in [0.29, 0.717) is 24.7 Å². The van der Waals surface area contributed by atoms with E-state index in [0.717, 1.165) is 24.9 Å². The van der Waals surface area contributed by atoms with Crippen molar-refractivity contribution in [1.82, 2.24) is 14.9 Å². The fraction of sp³-hybridized carbons (Fsp3) is 0.500. The van der Waals surface area contributed by atoms with Gasteiger partial charge in [-0.3, -0.25) is 4.90 Å². The molecule has 5 N–H and O–H groups in total. The minimum Gasteiger partial charge on any atom is -0.463 e. The van der Waals surface area contributed by atoms with Crippen molar-refractivity contribution in [3.05, 3.63) is 35.4 Å². The fourth-order valence-electron chi connectivity index (χ4n) is 3.12. The number of nitrogens with zero attached hydrogens (tertiary/aromatic N) is 3. The van der Waals surface area contributed by atoms with Crippen molar-refractivity contribution in [2.45, 2.75) is 45.7 Å². The summed E-state index contributed by atoms with van der Waals surface area (Å²) in [4.78, 5) is 10.9. The van der Waals surface area contributed by atoms with Crippen LogP contribution >= 0.6 is 0 Å². The molecule has 0 aliphatic carbocycles. The third-order valence-electron chi connectivity index (χ3n) is 4.77. The zero-order valence-corrected chi connectivity index (χ0v) is 16.1. The van der Waals surface area contributed by atoms with Gasteiger partial charge in [-0.25, -0.2) is 0 Å². The van der Waals surface area contributed by atoms with Crippen molar-refractivity contribution in [2.75, 3.05) is 36.5 Å². The maximum absolute atomic E-state index is 6.01. The van der Waals surface area contributed by atoms with Crippen LogP contribution in [0.25, 0.3) is 0 Å². The molecule has 27 heavy (non-hydrogen) atoms. The predicted molar refractivity (Wildman–Crippen MR) is 110 cm³/mol. The van der Waals surface area contributed by atoms with Crippen molar-refractivity contribution in [3.8, 4) is 6.01 Å². The first-order valence-corrected chi connectivity index (χ1v) is 9.75. The Kier molecular flexibility index (Phi) is 6.70. The first-order chi connectivity index (χ1) is 13.2. The summed E-state index contributed by atoms with van der Waals surface area (Å²) in [5, 5.41) is 3.25. The Morgan fingerprint density at radius 2 is 1.78 bits per heavy atom. The summed E-state index contributed by atoms with van der Waals surface area (Å²) in [6, 6.07) is 8.91. The molecule has 7 heteroatoms. The Labute approximate surface area is 161 Å². The Bertz CT molecular complexity index is 728. The summed E-state index contributed by atoms with van der Waals surface area (Å²) < 4.78 is 5.55. The number of nitrogen functional groups attached to an aromatic ring is 2. The molecule has 1 saturated heterocycles. The lowest BCUT2D eigenvalue weighted by Gasteiger charge is -2.15. The molecular weight excluding hydrogens is 340 g/mol. The summed E-state index contributed by atoms with van der Waals surface area (Å²) in [6.07, 6.45) is 4.62. The van der Waals surface area contributed by atoms with E-state index < -0.39 is 0 Å². The predicted octanol–water partition coefficient (Wildman–Crippen LogP) is 3.03. The number of aromatic nitrogens is 2. The number of rotatable bonds is 9. The maximum atomic E-state index is 6.01. The second-order valence-electron chi connectivity index (χ2n) is 7.01. The first-order valence-electron chi connectivity index (χ1n) is 9.75. The summed E-state index contributed by atoms with van der Waals surface area (Å²) in [7, 11) is 0. The fourth-order valence-corrected chi connectivity index (χ4v) is 3.12. The molecule has 146 valence electrons. The molecule has 2 aromatic rings. The summed E-state index contributed by atoms with van der Waals surface area (Å²) >= 11 is 0. The zero-order chi connectivity index (χ0) is 19.1. The lowest BCUT2D eigenvalue weighted by atomic mass is 10.1. The Morgan fingerprint density at radius 3 is 2.48 bits per heavy atom. The number of anilines is 3. The topological polar surface area (TPSA) is 102 Å². The highest BCUT2D eigenvalue weighted by molar-refractivity contribution is 5.73. The van der Waals surface area contributed by atoms with Gasteiger partial charge in [0.2, 0.25) is 0 Å². The van der Waals surface area contributed by atoms with Gasteiger partial charge in [-0.15, -0.1) is 0 Å². The molecule has 1 aliphatic heterocycles. The van der Waals surface area contributed by atoms with Gasteiger partial charge in [-0.05, 0) is 43.5 Å². The highest BCUT2D eigenvalue weighted by Crippen LogP contribution is 2.24. The molecule has 0 unspecified atom stereocenters. The van der Waals surface area contributed by atoms with Gasteiger partial charge in [-0.1, -0.05) is 37.6 Å². The highest BCUT2D eigenvalue weighted by atomic mass is 16.5. The largest absolute Gasteiger partial charge is 0.463 e. The van der Waals surface area contributed by atoms with Crippen LogP contribution in [0.2, 0.25) is 0 Å². The van der Waals surface area contributed by atoms with Crippen LogP contribution in [0.4, 0.5) is 17.3 Å². The number of hydrogen-bond acceptors (Lipinski definition) is 7. The SMILES string of the molecule is CCCCOc1nc(N)c(N)c(NCc2ccc(CN3CCCC3)cc2)n1. The van der Waals surface area contributed by atoms with E-state index in [1.807, 2.05) is 0 Å². The van der Waals surface area contributed by atoms with Crippen LogP contribution < -0.4 is 21.5 Å². The number of likely N-dealkylation sites (tertiary alicyclic amines) is 1. The van der Waals surface area contributed by atoms with Gasteiger partial charge in [0.25, 0.3) is 0 Å². The van der Waals surface area contributed by atoms with E-state index in [2.05, 4.69) is 51.4 Å². The van der Waals surface area contributed by atoms with E-state index >= 15 is 0 Å². The lowest BCUT2D eigenvalue weighted by Crippen LogP contribution is -2.18. The van der Waals surface area contributed by atoms with E-state index in [1.54, 1.807) is 0 Å². The molecule has 3 rings (SSSR count). The summed E-state index contributed by atoms with van der Waals surface area (Å²) in [5.74, 6) is 0.745. The molecule has 0 spiro atoms. The molecule has 0 amide bonds. The second kappa shape index (κ2) is 9.41. The van der Waals surface area contributed by atoms with Crippen molar-refractivity contribution in [2.24, 2.45) is 0 Å². The molecular formula is C20H30N6O. The van der Waals surface area contributed by atoms with Crippen LogP contribution in [0.1, 0.15) is 43.7 Å². The number of nitrogens with two attached hydrogens (primary N) is 2. The normalized spacial score (nSPS) is 14.4. The quantitative estimate of drug-likeness (QED) is 0.583. The van der Waals surface area contributed by atoms with E-state index in [4.69, 9.17) is 16.2 Å². The van der Waals surface area contributed by atoms with Gasteiger partial charge in [0.15, 0.2) is 11.6 Å². The van der Waals surface area contributed by atoms with Gasteiger partial charge in [-0.2, -0.15) is 9.97 Å². The van der Waals surface area contributed by atoms with Crippen LogP contribution in [-0.2, 0) is 13.1 Å². The number of unbranched alkanes of at least 4 members (excludes halogenated alkanes) is 1. The number of ether oxygens (including phenoxy) is 1. The molecule has 0 radical (unpaired) electrons. The van der Waals surface area contributed by atoms with Gasteiger partial charge in [0, 0.05) is 13.1 Å². The molecule has 0 bridgehead atoms. The van der Waals surface area contributed by atoms with Crippen LogP contribution in [0.5, 0.6) is 6.01 Å². The third-order valence-corrected chi connectivity index (χ3v) is 4.77. The number of nitrogens with one attached hydrogen (secondary N) is 1. The van der Waals surface area contributed by atoms with Crippen molar-refractivity contribution >= 4 is 17.3 Å². The Hall–Kier alpha value is -2.54. The highest BCUT2D eigenvalue weighted by Gasteiger charge is 2.12. The van der Waals surface area contributed by atoms with Gasteiger partial charge < -0.3 is 21.5 Å². The van der Waals surface area contributed by atoms with Crippen LogP contribution in [0.15, 0.2) is 24.3 Å². The van der Waals surface area contributed by atoms with Gasteiger partial charge >= 0.3 is 6.01 Å². The lowest BCUT2D eigenvalue weighted by molar-refractivity contribution is 0.286. The minimum absolute atomic E-state index is 0.236. The minimum atomic E-state index is 0.236. The van der Waals surface area contributed by atoms with Crippen LogP contribution in [0.3, 0.4) is 0 Å². The average molecular weight is 371 g/mol. The van der Waals surface area contributed by atoms with Crippen molar-refractivity contribution < 1.29 is 4.74 Å². The van der Waals surface area contributed by atoms with Crippen molar-refractivity contribution in [1.29, 1.82) is 0 Å². The monoisotopic (exact) mass is 370 g/mol. The molecule has 0 atom stereocenters. The standard InChI is InChI=1S/C20H30N6O/c1-2-3-12-27-20-24-18(22)17(21)19(25-20)23-13-15-6-8-16(9-7-15)14-26-10-4-5-11-26/h6-9H,2-5,10-14,21H2,1H3,(H3,22,23,24,25). The Morgan fingerprint density at radius 1 is 1.07 bits per heavy atom. The molecule has 1 aliphatic rings. The third kappa shape index (κ3) is 5.47. The molecule has 1 fully saturated rings. The summed E-state index contributed by atoms with van der Waals surface area (Å²) in [5.41, 5.74) is 14.8. The number of hydrogen-bond donors (Lipinski definition) is 3. The first kappa shape index (κ1) is 19.2. The molecule has 1 aromatic heterocycles. The van der Waals surface area contributed by atoms with E-state index in [1.165, 1.54) is 31.5 Å². The smallest absolute Gasteiger partial charge is 0.320 e. The zero-order valence-electron chi connectivity index (χ0n) is 16.1.